The van der Waals surface area contributed by atoms with Gasteiger partial charge in [-0.1, -0.05) is 40.2 Å². The van der Waals surface area contributed by atoms with Gasteiger partial charge >= 0.3 is 0 Å². The van der Waals surface area contributed by atoms with Gasteiger partial charge in [0, 0.05) is 16.5 Å². The molecule has 0 spiro atoms. The smallest absolute Gasteiger partial charge is 0.256 e. The van der Waals surface area contributed by atoms with Crippen LogP contribution in [-0.4, -0.2) is 44.4 Å². The highest BCUT2D eigenvalue weighted by molar-refractivity contribution is 7.91. The van der Waals surface area contributed by atoms with Gasteiger partial charge < -0.3 is 15.4 Å². The highest BCUT2D eigenvalue weighted by atomic mass is 32.2. The lowest BCUT2D eigenvalue weighted by molar-refractivity contribution is 0.0941. The van der Waals surface area contributed by atoms with Crippen molar-refractivity contribution < 1.29 is 22.7 Å². The van der Waals surface area contributed by atoms with E-state index in [1.807, 2.05) is 6.07 Å². The predicted octanol–water partition coefficient (Wildman–Crippen LogP) is 5.25. The number of thiophene rings is 1. The Balaban J connectivity index is 1.60. The Labute approximate surface area is 224 Å². The van der Waals surface area contributed by atoms with Crippen molar-refractivity contribution in [2.24, 2.45) is 11.3 Å². The maximum Gasteiger partial charge on any atom is 0.256 e. The minimum Gasteiger partial charge on any atom is -0.494 e. The number of nitrogens with one attached hydrogen (secondary N) is 2. The highest BCUT2D eigenvalue weighted by Crippen LogP contribution is 2.44. The van der Waals surface area contributed by atoms with E-state index >= 15 is 0 Å². The lowest BCUT2D eigenvalue weighted by atomic mass is 9.72. The molecule has 7 nitrogen and oxygen atoms in total. The van der Waals surface area contributed by atoms with E-state index in [0.29, 0.717) is 40.8 Å². The summed E-state index contributed by atoms with van der Waals surface area (Å²) < 4.78 is 29.6. The molecule has 0 saturated carbocycles. The van der Waals surface area contributed by atoms with Crippen LogP contribution in [0.25, 0.3) is 0 Å². The van der Waals surface area contributed by atoms with E-state index in [4.69, 9.17) is 4.74 Å². The summed E-state index contributed by atoms with van der Waals surface area (Å²) in [5.74, 6) is 0.567. The van der Waals surface area contributed by atoms with Crippen molar-refractivity contribution in [2.75, 3.05) is 23.4 Å². The van der Waals surface area contributed by atoms with Crippen LogP contribution < -0.4 is 15.4 Å². The lowest BCUT2D eigenvalue weighted by Crippen LogP contribution is -2.36. The van der Waals surface area contributed by atoms with Gasteiger partial charge in [-0.3, -0.25) is 9.59 Å². The van der Waals surface area contributed by atoms with Crippen LogP contribution in [-0.2, 0) is 22.7 Å². The Kier molecular flexibility index (Phi) is 8.33. The largest absolute Gasteiger partial charge is 0.494 e. The van der Waals surface area contributed by atoms with Crippen molar-refractivity contribution in [3.8, 4) is 5.75 Å². The molecule has 37 heavy (non-hydrogen) atoms. The summed E-state index contributed by atoms with van der Waals surface area (Å²) in [5, 5.41) is 6.46. The zero-order chi connectivity index (χ0) is 26.8. The van der Waals surface area contributed by atoms with E-state index in [2.05, 4.69) is 38.3 Å². The Morgan fingerprint density at radius 3 is 2.62 bits per heavy atom. The van der Waals surface area contributed by atoms with Crippen molar-refractivity contribution in [2.45, 2.75) is 72.3 Å². The first-order valence-corrected chi connectivity index (χ1v) is 15.8. The Hall–Kier alpha value is -2.39. The van der Waals surface area contributed by atoms with Gasteiger partial charge in [0.2, 0.25) is 0 Å². The zero-order valence-electron chi connectivity index (χ0n) is 22.2. The molecule has 2 amide bonds. The van der Waals surface area contributed by atoms with Crippen LogP contribution in [0.2, 0.25) is 0 Å². The minimum absolute atomic E-state index is 0.0380. The summed E-state index contributed by atoms with van der Waals surface area (Å²) in [7, 11) is -3.12. The molecule has 1 aromatic heterocycles. The summed E-state index contributed by atoms with van der Waals surface area (Å²) in [6.07, 6.45) is 4.97. The van der Waals surface area contributed by atoms with Crippen LogP contribution in [0.4, 0.5) is 5.00 Å². The quantitative estimate of drug-likeness (QED) is 0.441. The number of rotatable bonds is 8. The summed E-state index contributed by atoms with van der Waals surface area (Å²) >= 11 is 1.47. The normalized spacial score (nSPS) is 20.8. The molecule has 2 aromatic rings. The SMILES string of the molecule is CCCCOc1cccc(C(=O)Nc2sc3c(c2C(=O)NC2CCS(=O)(=O)C2)CCC(C(C)(C)C)C3)c1. The third-order valence-electron chi connectivity index (χ3n) is 7.37. The number of sulfone groups is 1. The van der Waals surface area contributed by atoms with E-state index in [-0.39, 0.29) is 28.7 Å². The van der Waals surface area contributed by atoms with Crippen LogP contribution in [0, 0.1) is 11.3 Å². The van der Waals surface area contributed by atoms with Crippen LogP contribution in [0.5, 0.6) is 5.75 Å². The maximum atomic E-state index is 13.5. The third kappa shape index (κ3) is 6.74. The Bertz CT molecular complexity index is 1260. The third-order valence-corrected chi connectivity index (χ3v) is 10.3. The van der Waals surface area contributed by atoms with Crippen LogP contribution in [0.15, 0.2) is 24.3 Å². The summed E-state index contributed by atoms with van der Waals surface area (Å²) in [6.45, 7) is 9.40. The Morgan fingerprint density at radius 2 is 1.95 bits per heavy atom. The van der Waals surface area contributed by atoms with Gasteiger partial charge in [-0.15, -0.1) is 11.3 Å². The van der Waals surface area contributed by atoms with Crippen molar-refractivity contribution in [3.05, 3.63) is 45.8 Å². The van der Waals surface area contributed by atoms with Gasteiger partial charge in [0.25, 0.3) is 11.8 Å². The first-order valence-electron chi connectivity index (χ1n) is 13.2. The number of fused-ring (bicyclic) bond motifs is 1. The van der Waals surface area contributed by atoms with Crippen molar-refractivity contribution >= 4 is 38.0 Å². The maximum absolute atomic E-state index is 13.5. The first kappa shape index (κ1) is 27.6. The van der Waals surface area contributed by atoms with Crippen LogP contribution in [0.3, 0.4) is 0 Å². The van der Waals surface area contributed by atoms with Crippen molar-refractivity contribution in [3.63, 3.8) is 0 Å². The van der Waals surface area contributed by atoms with E-state index in [1.54, 1.807) is 18.2 Å². The number of amides is 2. The molecule has 2 heterocycles. The van der Waals surface area contributed by atoms with Crippen LogP contribution >= 0.6 is 11.3 Å². The number of carbonyl (C=O) groups is 2. The number of carbonyl (C=O) groups excluding carboxylic acids is 2. The fraction of sp³-hybridized carbons (Fsp3) is 0.571. The summed E-state index contributed by atoms with van der Waals surface area (Å²) in [4.78, 5) is 27.9. The summed E-state index contributed by atoms with van der Waals surface area (Å²) in [5.41, 5.74) is 2.07. The molecule has 2 aliphatic rings. The Morgan fingerprint density at radius 1 is 1.16 bits per heavy atom. The lowest BCUT2D eigenvalue weighted by Gasteiger charge is -2.33. The molecule has 1 aliphatic heterocycles. The van der Waals surface area contributed by atoms with Gasteiger partial charge in [0.05, 0.1) is 23.7 Å². The molecule has 9 heteroatoms. The van der Waals surface area contributed by atoms with E-state index < -0.39 is 15.9 Å². The monoisotopic (exact) mass is 546 g/mol. The molecule has 2 atom stereocenters. The van der Waals surface area contributed by atoms with Gasteiger partial charge in [-0.2, -0.15) is 0 Å². The number of unbranched alkanes of at least 4 members (excludes halogenated alkanes) is 1. The van der Waals surface area contributed by atoms with Gasteiger partial charge in [0.1, 0.15) is 10.8 Å². The predicted molar refractivity (Wildman–Crippen MR) is 149 cm³/mol. The molecule has 2 unspecified atom stereocenters. The van der Waals surface area contributed by atoms with E-state index in [9.17, 15) is 18.0 Å². The second-order valence-corrected chi connectivity index (χ2v) is 14.6. The molecule has 1 fully saturated rings. The fourth-order valence-electron chi connectivity index (χ4n) is 5.06. The topological polar surface area (TPSA) is 102 Å². The average molecular weight is 547 g/mol. The molecule has 4 rings (SSSR count). The summed E-state index contributed by atoms with van der Waals surface area (Å²) in [6, 6.07) is 6.67. The van der Waals surface area contributed by atoms with Gasteiger partial charge in [-0.25, -0.2) is 8.42 Å². The standard InChI is InChI=1S/C28H38N2O5S2/c1-5-6-13-35-21-9-7-8-18(15-21)25(31)30-27-24(26(32)29-20-12-14-37(33,34)17-20)22-11-10-19(28(2,3)4)16-23(22)36-27/h7-9,15,19-20H,5-6,10-14,16-17H2,1-4H3,(H,29,32)(H,30,31). The number of benzene rings is 1. The molecular weight excluding hydrogens is 508 g/mol. The van der Waals surface area contributed by atoms with Crippen LogP contribution in [0.1, 0.15) is 84.5 Å². The number of ether oxygens (including phenoxy) is 1. The molecule has 1 aliphatic carbocycles. The zero-order valence-corrected chi connectivity index (χ0v) is 23.8. The second kappa shape index (κ2) is 11.2. The molecule has 202 valence electrons. The minimum atomic E-state index is -3.12. The molecule has 0 radical (unpaired) electrons. The molecule has 1 aromatic carbocycles. The second-order valence-electron chi connectivity index (χ2n) is 11.3. The van der Waals surface area contributed by atoms with Gasteiger partial charge in [-0.05, 0) is 67.2 Å². The number of hydrogen-bond donors (Lipinski definition) is 2. The first-order chi connectivity index (χ1) is 17.5. The van der Waals surface area contributed by atoms with E-state index in [1.165, 1.54) is 11.3 Å². The van der Waals surface area contributed by atoms with Crippen molar-refractivity contribution in [1.29, 1.82) is 0 Å². The molecular formula is C28H38N2O5S2. The van der Waals surface area contributed by atoms with Gasteiger partial charge in [0.15, 0.2) is 9.84 Å². The molecule has 1 saturated heterocycles. The molecule has 2 N–H and O–H groups in total. The average Bonchev–Trinajstić information content (AvgIpc) is 3.36. The number of anilines is 1. The highest BCUT2D eigenvalue weighted by Gasteiger charge is 2.36. The number of hydrogen-bond acceptors (Lipinski definition) is 6. The van der Waals surface area contributed by atoms with Crippen molar-refractivity contribution in [1.82, 2.24) is 5.32 Å². The molecule has 0 bridgehead atoms. The fourth-order valence-corrected chi connectivity index (χ4v) is 8.05. The van der Waals surface area contributed by atoms with E-state index in [0.717, 1.165) is 42.5 Å².